The van der Waals surface area contributed by atoms with Crippen molar-refractivity contribution in [2.24, 2.45) is 0 Å². The highest BCUT2D eigenvalue weighted by Gasteiger charge is 2.24. The Hall–Kier alpha value is -1.92. The lowest BCUT2D eigenvalue weighted by Gasteiger charge is -2.30. The van der Waals surface area contributed by atoms with E-state index in [9.17, 15) is 9.90 Å². The summed E-state index contributed by atoms with van der Waals surface area (Å²) in [5, 5.41) is 14.6. The molecule has 1 atom stereocenters. The second-order valence-corrected chi connectivity index (χ2v) is 7.51. The molecular formula is C18H25N3O3. The molecule has 1 unspecified atom stereocenters. The van der Waals surface area contributed by atoms with Gasteiger partial charge in [0.05, 0.1) is 12.6 Å². The number of β-amino-alcohol motifs (C(OH)–C–C–N with tert-alkyl or cyclic N) is 1. The molecule has 6 heteroatoms. The van der Waals surface area contributed by atoms with Crippen LogP contribution in [0.25, 0.3) is 0 Å². The van der Waals surface area contributed by atoms with Gasteiger partial charge >= 0.3 is 5.76 Å². The molecule has 0 radical (unpaired) electrons. The Labute approximate surface area is 141 Å². The van der Waals surface area contributed by atoms with Gasteiger partial charge in [-0.2, -0.15) is 4.68 Å². The lowest BCUT2D eigenvalue weighted by molar-refractivity contribution is 0.0872. The van der Waals surface area contributed by atoms with Crippen LogP contribution in [0.15, 0.2) is 33.5 Å². The number of fused-ring (bicyclic) bond motifs is 1. The zero-order valence-electron chi connectivity index (χ0n) is 14.5. The van der Waals surface area contributed by atoms with E-state index in [0.717, 1.165) is 19.5 Å². The van der Waals surface area contributed by atoms with E-state index in [-0.39, 0.29) is 12.0 Å². The first-order valence-electron chi connectivity index (χ1n) is 8.38. The van der Waals surface area contributed by atoms with E-state index in [1.54, 1.807) is 0 Å². The summed E-state index contributed by atoms with van der Waals surface area (Å²) in [4.78, 5) is 14.1. The lowest BCUT2D eigenvalue weighted by atomic mass is 9.97. The number of aliphatic hydroxyl groups excluding tert-OH is 1. The minimum Gasteiger partial charge on any atom is -0.392 e. The Morgan fingerprint density at radius 2 is 1.96 bits per heavy atom. The fourth-order valence-corrected chi connectivity index (χ4v) is 2.99. The van der Waals surface area contributed by atoms with Crippen molar-refractivity contribution in [2.45, 2.75) is 51.8 Å². The van der Waals surface area contributed by atoms with E-state index in [2.05, 4.69) is 28.2 Å². The average molecular weight is 331 g/mol. The summed E-state index contributed by atoms with van der Waals surface area (Å²) in [5.41, 5.74) is 2.36. The van der Waals surface area contributed by atoms with Gasteiger partial charge in [-0.05, 0) is 17.5 Å². The van der Waals surface area contributed by atoms with E-state index in [0.29, 0.717) is 12.4 Å². The van der Waals surface area contributed by atoms with Crippen LogP contribution in [-0.2, 0) is 24.9 Å². The Bertz CT molecular complexity index is 757. The van der Waals surface area contributed by atoms with Gasteiger partial charge in [0.2, 0.25) is 5.89 Å². The van der Waals surface area contributed by atoms with Gasteiger partial charge in [0, 0.05) is 25.0 Å². The number of aliphatic hydroxyl groups is 1. The normalized spacial score (nSPS) is 16.8. The van der Waals surface area contributed by atoms with E-state index in [4.69, 9.17) is 4.42 Å². The van der Waals surface area contributed by atoms with Gasteiger partial charge in [-0.3, -0.25) is 4.90 Å². The third-order valence-electron chi connectivity index (χ3n) is 4.31. The predicted octanol–water partition coefficient (Wildman–Crippen LogP) is 1.55. The molecule has 1 aliphatic rings. The molecule has 1 N–H and O–H groups in total. The summed E-state index contributed by atoms with van der Waals surface area (Å²) >= 11 is 0. The molecule has 1 aromatic carbocycles. The molecule has 0 aliphatic carbocycles. The van der Waals surface area contributed by atoms with Gasteiger partial charge in [0.25, 0.3) is 0 Å². The fraction of sp³-hybridized carbons (Fsp3) is 0.556. The van der Waals surface area contributed by atoms with Crippen molar-refractivity contribution in [1.29, 1.82) is 0 Å². The third kappa shape index (κ3) is 3.76. The molecular weight excluding hydrogens is 306 g/mol. The molecule has 0 fully saturated rings. The molecule has 24 heavy (non-hydrogen) atoms. The Morgan fingerprint density at radius 1 is 1.25 bits per heavy atom. The van der Waals surface area contributed by atoms with Crippen LogP contribution in [0.1, 0.15) is 37.8 Å². The smallest absolute Gasteiger partial charge is 0.392 e. The van der Waals surface area contributed by atoms with E-state index >= 15 is 0 Å². The van der Waals surface area contributed by atoms with Gasteiger partial charge < -0.3 is 9.52 Å². The summed E-state index contributed by atoms with van der Waals surface area (Å²) in [6.07, 6.45) is 0.326. The minimum absolute atomic E-state index is 0.149. The maximum atomic E-state index is 11.9. The Balaban J connectivity index is 1.62. The second kappa shape index (κ2) is 6.53. The SMILES string of the molecule is CC(C)(C)c1nn(CC(O)CN2CCc3ccccc3C2)c(=O)o1. The zero-order valence-corrected chi connectivity index (χ0v) is 14.5. The quantitative estimate of drug-likeness (QED) is 0.920. The number of nitrogens with zero attached hydrogens (tertiary/aromatic N) is 3. The standard InChI is InChI=1S/C18H25N3O3/c1-18(2,3)16-19-21(17(23)24-16)12-15(22)11-20-9-8-13-6-4-5-7-14(13)10-20/h4-7,15,22H,8-12H2,1-3H3. The number of hydrogen-bond acceptors (Lipinski definition) is 5. The Kier molecular flexibility index (Phi) is 4.60. The predicted molar refractivity (Wildman–Crippen MR) is 90.9 cm³/mol. The third-order valence-corrected chi connectivity index (χ3v) is 4.31. The number of hydrogen-bond donors (Lipinski definition) is 1. The largest absolute Gasteiger partial charge is 0.437 e. The van der Waals surface area contributed by atoms with Crippen molar-refractivity contribution in [3.8, 4) is 0 Å². The van der Waals surface area contributed by atoms with Crippen LogP contribution in [-0.4, -0.2) is 39.0 Å². The molecule has 6 nitrogen and oxygen atoms in total. The second-order valence-electron chi connectivity index (χ2n) is 7.51. The summed E-state index contributed by atoms with van der Waals surface area (Å²) < 4.78 is 6.41. The maximum Gasteiger partial charge on any atom is 0.437 e. The van der Waals surface area contributed by atoms with Gasteiger partial charge in [-0.15, -0.1) is 5.10 Å². The van der Waals surface area contributed by atoms with Crippen molar-refractivity contribution in [1.82, 2.24) is 14.7 Å². The maximum absolute atomic E-state index is 11.9. The molecule has 130 valence electrons. The first-order chi connectivity index (χ1) is 11.3. The van der Waals surface area contributed by atoms with Crippen LogP contribution < -0.4 is 5.76 Å². The molecule has 3 rings (SSSR count). The monoisotopic (exact) mass is 331 g/mol. The number of rotatable bonds is 4. The average Bonchev–Trinajstić information content (AvgIpc) is 2.88. The molecule has 0 bridgehead atoms. The fourth-order valence-electron chi connectivity index (χ4n) is 2.99. The number of benzene rings is 1. The molecule has 2 heterocycles. The number of aromatic nitrogens is 2. The van der Waals surface area contributed by atoms with Gasteiger partial charge in [-0.1, -0.05) is 45.0 Å². The lowest BCUT2D eigenvalue weighted by Crippen LogP contribution is -2.39. The summed E-state index contributed by atoms with van der Waals surface area (Å²) in [5.74, 6) is -0.116. The van der Waals surface area contributed by atoms with Crippen LogP contribution >= 0.6 is 0 Å². The van der Waals surface area contributed by atoms with Gasteiger partial charge in [-0.25, -0.2) is 4.79 Å². The molecule has 2 aromatic rings. The van der Waals surface area contributed by atoms with Crippen LogP contribution in [0.2, 0.25) is 0 Å². The van der Waals surface area contributed by atoms with Crippen LogP contribution in [0.3, 0.4) is 0 Å². The first-order valence-corrected chi connectivity index (χ1v) is 8.38. The van der Waals surface area contributed by atoms with Crippen LogP contribution in [0.4, 0.5) is 0 Å². The highest BCUT2D eigenvalue weighted by molar-refractivity contribution is 5.29. The van der Waals surface area contributed by atoms with Crippen LogP contribution in [0, 0.1) is 0 Å². The summed E-state index contributed by atoms with van der Waals surface area (Å²) in [6, 6.07) is 8.40. The molecule has 0 amide bonds. The van der Waals surface area contributed by atoms with Crippen molar-refractivity contribution in [3.05, 3.63) is 51.8 Å². The van der Waals surface area contributed by atoms with Crippen molar-refractivity contribution >= 4 is 0 Å². The highest BCUT2D eigenvalue weighted by atomic mass is 16.4. The van der Waals surface area contributed by atoms with Crippen LogP contribution in [0.5, 0.6) is 0 Å². The van der Waals surface area contributed by atoms with Crippen molar-refractivity contribution in [2.75, 3.05) is 13.1 Å². The topological polar surface area (TPSA) is 71.5 Å². The summed E-state index contributed by atoms with van der Waals surface area (Å²) in [7, 11) is 0. The molecule has 0 saturated heterocycles. The van der Waals surface area contributed by atoms with Gasteiger partial charge in [0.15, 0.2) is 0 Å². The molecule has 0 spiro atoms. The van der Waals surface area contributed by atoms with Crippen molar-refractivity contribution < 1.29 is 9.52 Å². The van der Waals surface area contributed by atoms with Crippen molar-refractivity contribution in [3.63, 3.8) is 0 Å². The molecule has 0 saturated carbocycles. The Morgan fingerprint density at radius 3 is 2.62 bits per heavy atom. The van der Waals surface area contributed by atoms with E-state index < -0.39 is 11.9 Å². The van der Waals surface area contributed by atoms with E-state index in [1.807, 2.05) is 26.8 Å². The molecule has 1 aromatic heterocycles. The minimum atomic E-state index is -0.661. The zero-order chi connectivity index (χ0) is 17.3. The molecule has 1 aliphatic heterocycles. The highest BCUT2D eigenvalue weighted by Crippen LogP contribution is 2.19. The first kappa shape index (κ1) is 16.9. The van der Waals surface area contributed by atoms with Gasteiger partial charge in [0.1, 0.15) is 0 Å². The summed E-state index contributed by atoms with van der Waals surface area (Å²) in [6.45, 7) is 8.21. The van der Waals surface area contributed by atoms with E-state index in [1.165, 1.54) is 15.8 Å².